The Labute approximate surface area is 127 Å². The summed E-state index contributed by atoms with van der Waals surface area (Å²) in [5.74, 6) is 0.841. The summed E-state index contributed by atoms with van der Waals surface area (Å²) in [6, 6.07) is 5.06. The van der Waals surface area contributed by atoms with Crippen molar-refractivity contribution < 1.29 is 4.92 Å². The van der Waals surface area contributed by atoms with E-state index in [9.17, 15) is 10.1 Å². The molecule has 1 aromatic carbocycles. The van der Waals surface area contributed by atoms with E-state index in [-0.39, 0.29) is 5.69 Å². The molecule has 0 atom stereocenters. The molecular formula is C14H17ClN4O2. The van der Waals surface area contributed by atoms with Crippen LogP contribution >= 0.6 is 11.6 Å². The van der Waals surface area contributed by atoms with Crippen LogP contribution in [0.3, 0.4) is 0 Å². The lowest BCUT2D eigenvalue weighted by atomic mass is 10.2. The smallest absolute Gasteiger partial charge is 0.275 e. The number of nitro groups is 1. The Morgan fingerprint density at radius 3 is 2.90 bits per heavy atom. The summed E-state index contributed by atoms with van der Waals surface area (Å²) in [4.78, 5) is 15.0. The number of nitro benzene ring substituents is 1. The van der Waals surface area contributed by atoms with Crippen LogP contribution in [0.1, 0.15) is 25.2 Å². The standard InChI is InChI=1S/C14H17ClN4O2/c1-10(2)17-8-14-16-5-6-18(14)9-11-3-4-12(15)7-13(11)19(20)21/h3-7,10,17H,8-9H2,1-2H3. The summed E-state index contributed by atoms with van der Waals surface area (Å²) in [6.45, 7) is 5.11. The zero-order chi connectivity index (χ0) is 15.4. The molecule has 0 unspecified atom stereocenters. The van der Waals surface area contributed by atoms with E-state index in [1.165, 1.54) is 6.07 Å². The van der Waals surface area contributed by atoms with Gasteiger partial charge in [-0.05, 0) is 12.1 Å². The molecule has 2 rings (SSSR count). The summed E-state index contributed by atoms with van der Waals surface area (Å²) in [5.41, 5.74) is 0.632. The summed E-state index contributed by atoms with van der Waals surface area (Å²) in [5, 5.41) is 14.8. The Morgan fingerprint density at radius 1 is 1.48 bits per heavy atom. The van der Waals surface area contributed by atoms with Crippen molar-refractivity contribution in [1.29, 1.82) is 0 Å². The number of halogens is 1. The molecule has 0 amide bonds. The quantitative estimate of drug-likeness (QED) is 0.657. The van der Waals surface area contributed by atoms with Crippen LogP contribution in [0.2, 0.25) is 5.02 Å². The number of hydrogen-bond donors (Lipinski definition) is 1. The molecule has 2 aromatic rings. The van der Waals surface area contributed by atoms with E-state index in [2.05, 4.69) is 24.1 Å². The fourth-order valence-electron chi connectivity index (χ4n) is 1.97. The van der Waals surface area contributed by atoms with Gasteiger partial charge >= 0.3 is 0 Å². The van der Waals surface area contributed by atoms with Crippen LogP contribution in [0, 0.1) is 10.1 Å². The highest BCUT2D eigenvalue weighted by Gasteiger charge is 2.15. The third-order valence-corrected chi connectivity index (χ3v) is 3.29. The lowest BCUT2D eigenvalue weighted by molar-refractivity contribution is -0.385. The van der Waals surface area contributed by atoms with Crippen molar-refractivity contribution in [3.63, 3.8) is 0 Å². The maximum atomic E-state index is 11.1. The van der Waals surface area contributed by atoms with Crippen LogP contribution < -0.4 is 5.32 Å². The largest absolute Gasteiger partial charge is 0.329 e. The van der Waals surface area contributed by atoms with Crippen molar-refractivity contribution in [2.24, 2.45) is 0 Å². The fraction of sp³-hybridized carbons (Fsp3) is 0.357. The molecule has 0 saturated heterocycles. The lowest BCUT2D eigenvalue weighted by Gasteiger charge is -2.11. The van der Waals surface area contributed by atoms with Gasteiger partial charge in [0.1, 0.15) is 5.82 Å². The second-order valence-corrected chi connectivity index (χ2v) is 5.47. The summed E-state index contributed by atoms with van der Waals surface area (Å²) in [6.07, 6.45) is 3.51. The molecule has 0 bridgehead atoms. The average Bonchev–Trinajstić information content (AvgIpc) is 2.85. The normalized spacial score (nSPS) is 11.0. The Morgan fingerprint density at radius 2 is 2.24 bits per heavy atom. The minimum absolute atomic E-state index is 0.0268. The Kier molecular flexibility index (Phi) is 4.93. The first-order chi connectivity index (χ1) is 9.97. The minimum Gasteiger partial charge on any atom is -0.329 e. The number of rotatable bonds is 6. The van der Waals surface area contributed by atoms with Gasteiger partial charge in [-0.25, -0.2) is 4.98 Å². The summed E-state index contributed by atoms with van der Waals surface area (Å²) >= 11 is 5.83. The molecule has 6 nitrogen and oxygen atoms in total. The van der Waals surface area contributed by atoms with E-state index >= 15 is 0 Å². The van der Waals surface area contributed by atoms with E-state index in [1.807, 2.05) is 10.8 Å². The Hall–Kier alpha value is -1.92. The highest BCUT2D eigenvalue weighted by atomic mass is 35.5. The van der Waals surface area contributed by atoms with Crippen molar-refractivity contribution in [2.45, 2.75) is 33.0 Å². The molecule has 1 aromatic heterocycles. The van der Waals surface area contributed by atoms with Gasteiger partial charge in [-0.3, -0.25) is 10.1 Å². The molecule has 0 spiro atoms. The van der Waals surface area contributed by atoms with E-state index < -0.39 is 4.92 Å². The molecular weight excluding hydrogens is 292 g/mol. The summed E-state index contributed by atoms with van der Waals surface area (Å²) in [7, 11) is 0. The van der Waals surface area contributed by atoms with Crippen molar-refractivity contribution in [3.05, 3.63) is 57.1 Å². The average molecular weight is 309 g/mol. The van der Waals surface area contributed by atoms with Gasteiger partial charge in [0, 0.05) is 35.1 Å². The Bertz CT molecular complexity index is 640. The number of benzene rings is 1. The molecule has 21 heavy (non-hydrogen) atoms. The molecule has 0 radical (unpaired) electrons. The van der Waals surface area contributed by atoms with Gasteiger partial charge in [0.05, 0.1) is 18.0 Å². The van der Waals surface area contributed by atoms with Crippen LogP contribution in [0.4, 0.5) is 5.69 Å². The molecule has 1 N–H and O–H groups in total. The van der Waals surface area contributed by atoms with Crippen LogP contribution in [-0.2, 0) is 13.1 Å². The number of imidazole rings is 1. The number of hydrogen-bond acceptors (Lipinski definition) is 4. The van der Waals surface area contributed by atoms with E-state index in [0.29, 0.717) is 29.7 Å². The number of nitrogens with zero attached hydrogens (tertiary/aromatic N) is 3. The first-order valence-electron chi connectivity index (χ1n) is 6.63. The van der Waals surface area contributed by atoms with Gasteiger partial charge in [0.25, 0.3) is 5.69 Å². The van der Waals surface area contributed by atoms with Gasteiger partial charge in [0.15, 0.2) is 0 Å². The molecule has 0 saturated carbocycles. The van der Waals surface area contributed by atoms with E-state index in [0.717, 1.165) is 5.82 Å². The molecule has 0 fully saturated rings. The Balaban J connectivity index is 2.23. The van der Waals surface area contributed by atoms with E-state index in [1.54, 1.807) is 18.3 Å². The van der Waals surface area contributed by atoms with Crippen LogP contribution in [0.15, 0.2) is 30.6 Å². The number of aromatic nitrogens is 2. The van der Waals surface area contributed by atoms with Crippen molar-refractivity contribution in [1.82, 2.24) is 14.9 Å². The summed E-state index contributed by atoms with van der Waals surface area (Å²) < 4.78 is 1.89. The van der Waals surface area contributed by atoms with E-state index in [4.69, 9.17) is 11.6 Å². The van der Waals surface area contributed by atoms with Crippen molar-refractivity contribution in [3.8, 4) is 0 Å². The SMILES string of the molecule is CC(C)NCc1nccn1Cc1ccc(Cl)cc1[N+](=O)[O-]. The fourth-order valence-corrected chi connectivity index (χ4v) is 2.14. The molecule has 1 heterocycles. The third kappa shape index (κ3) is 4.03. The van der Waals surface area contributed by atoms with Gasteiger partial charge in [-0.2, -0.15) is 0 Å². The zero-order valence-electron chi connectivity index (χ0n) is 11.9. The zero-order valence-corrected chi connectivity index (χ0v) is 12.7. The molecule has 0 aliphatic carbocycles. The molecule has 7 heteroatoms. The topological polar surface area (TPSA) is 73.0 Å². The van der Waals surface area contributed by atoms with Crippen molar-refractivity contribution in [2.75, 3.05) is 0 Å². The number of nitrogens with one attached hydrogen (secondary N) is 1. The molecule has 0 aliphatic heterocycles. The highest BCUT2D eigenvalue weighted by Crippen LogP contribution is 2.24. The van der Waals surface area contributed by atoms with Gasteiger partial charge in [-0.1, -0.05) is 25.4 Å². The van der Waals surface area contributed by atoms with Crippen LogP contribution in [-0.4, -0.2) is 20.5 Å². The molecule has 112 valence electrons. The van der Waals surface area contributed by atoms with Gasteiger partial charge in [-0.15, -0.1) is 0 Å². The first-order valence-corrected chi connectivity index (χ1v) is 7.01. The first kappa shape index (κ1) is 15.5. The van der Waals surface area contributed by atoms with Gasteiger partial charge < -0.3 is 9.88 Å². The van der Waals surface area contributed by atoms with Crippen molar-refractivity contribution >= 4 is 17.3 Å². The second-order valence-electron chi connectivity index (χ2n) is 5.04. The second kappa shape index (κ2) is 6.69. The predicted molar refractivity (Wildman–Crippen MR) is 81.4 cm³/mol. The minimum atomic E-state index is -0.413. The lowest BCUT2D eigenvalue weighted by Crippen LogP contribution is -2.24. The maximum absolute atomic E-state index is 11.1. The van der Waals surface area contributed by atoms with Gasteiger partial charge in [0.2, 0.25) is 0 Å². The third-order valence-electron chi connectivity index (χ3n) is 3.05. The maximum Gasteiger partial charge on any atom is 0.275 e. The van der Waals surface area contributed by atoms with Crippen LogP contribution in [0.25, 0.3) is 0 Å². The van der Waals surface area contributed by atoms with Crippen LogP contribution in [0.5, 0.6) is 0 Å². The highest BCUT2D eigenvalue weighted by molar-refractivity contribution is 6.30. The molecule has 0 aliphatic rings. The monoisotopic (exact) mass is 308 g/mol. The predicted octanol–water partition coefficient (Wildman–Crippen LogP) is 2.99.